The number of benzene rings is 2. The van der Waals surface area contributed by atoms with E-state index in [-0.39, 0.29) is 11.8 Å². The average molecular weight is 430 g/mol. The van der Waals surface area contributed by atoms with Gasteiger partial charge in [-0.05, 0) is 30.5 Å². The first-order chi connectivity index (χ1) is 15.0. The monoisotopic (exact) mass is 429 g/mol. The quantitative estimate of drug-likeness (QED) is 0.355. The SMILES string of the molecule is CSc1nc(NC(=O)c2ccnc3ccccc23)cc(-c2cccc(NC(C)=O)c2)n1. The Labute approximate surface area is 183 Å². The minimum absolute atomic E-state index is 0.151. The summed E-state index contributed by atoms with van der Waals surface area (Å²) in [5, 5.41) is 6.94. The number of hydrogen-bond acceptors (Lipinski definition) is 6. The highest BCUT2D eigenvalue weighted by atomic mass is 32.2. The Kier molecular flexibility index (Phi) is 5.90. The molecule has 0 fully saturated rings. The Hall–Kier alpha value is -3.78. The van der Waals surface area contributed by atoms with Gasteiger partial charge in [-0.1, -0.05) is 42.1 Å². The fraction of sp³-hybridized carbons (Fsp3) is 0.0870. The molecule has 0 aliphatic rings. The molecule has 0 unspecified atom stereocenters. The van der Waals surface area contributed by atoms with Gasteiger partial charge in [0, 0.05) is 35.8 Å². The van der Waals surface area contributed by atoms with Crippen molar-refractivity contribution in [2.24, 2.45) is 0 Å². The second kappa shape index (κ2) is 8.93. The zero-order chi connectivity index (χ0) is 21.8. The molecule has 8 heteroatoms. The maximum absolute atomic E-state index is 13.0. The number of nitrogens with zero attached hydrogens (tertiary/aromatic N) is 3. The van der Waals surface area contributed by atoms with Crippen LogP contribution in [0.15, 0.2) is 72.0 Å². The smallest absolute Gasteiger partial charge is 0.257 e. The molecule has 31 heavy (non-hydrogen) atoms. The second-order valence-electron chi connectivity index (χ2n) is 6.72. The molecule has 2 N–H and O–H groups in total. The van der Waals surface area contributed by atoms with Crippen LogP contribution in [-0.2, 0) is 4.79 Å². The van der Waals surface area contributed by atoms with E-state index < -0.39 is 0 Å². The fourth-order valence-corrected chi connectivity index (χ4v) is 3.54. The summed E-state index contributed by atoms with van der Waals surface area (Å²) in [6.07, 6.45) is 3.48. The van der Waals surface area contributed by atoms with Gasteiger partial charge in [0.1, 0.15) is 5.82 Å². The fourth-order valence-electron chi connectivity index (χ4n) is 3.17. The summed E-state index contributed by atoms with van der Waals surface area (Å²) in [7, 11) is 0. The van der Waals surface area contributed by atoms with Gasteiger partial charge >= 0.3 is 0 Å². The summed E-state index contributed by atoms with van der Waals surface area (Å²) in [6.45, 7) is 1.46. The molecule has 0 spiro atoms. The lowest BCUT2D eigenvalue weighted by atomic mass is 10.1. The third kappa shape index (κ3) is 4.70. The van der Waals surface area contributed by atoms with E-state index >= 15 is 0 Å². The van der Waals surface area contributed by atoms with Crippen molar-refractivity contribution < 1.29 is 9.59 Å². The van der Waals surface area contributed by atoms with E-state index in [0.717, 1.165) is 16.5 Å². The predicted molar refractivity (Wildman–Crippen MR) is 123 cm³/mol. The topological polar surface area (TPSA) is 96.9 Å². The minimum atomic E-state index is -0.276. The van der Waals surface area contributed by atoms with Crippen LogP contribution in [0.4, 0.5) is 11.5 Å². The molecule has 7 nitrogen and oxygen atoms in total. The Balaban J connectivity index is 1.68. The van der Waals surface area contributed by atoms with Crippen LogP contribution in [0, 0.1) is 0 Å². The number of carbonyl (C=O) groups is 2. The van der Waals surface area contributed by atoms with E-state index in [1.807, 2.05) is 48.7 Å². The van der Waals surface area contributed by atoms with Crippen LogP contribution < -0.4 is 10.6 Å². The van der Waals surface area contributed by atoms with Crippen molar-refractivity contribution in [1.82, 2.24) is 15.0 Å². The highest BCUT2D eigenvalue weighted by Gasteiger charge is 2.14. The zero-order valence-electron chi connectivity index (χ0n) is 16.9. The predicted octanol–water partition coefficient (Wildman–Crippen LogP) is 4.62. The zero-order valence-corrected chi connectivity index (χ0v) is 17.7. The van der Waals surface area contributed by atoms with Crippen LogP contribution in [0.2, 0.25) is 0 Å². The normalized spacial score (nSPS) is 10.6. The molecule has 0 atom stereocenters. The van der Waals surface area contributed by atoms with Crippen molar-refractivity contribution in [3.63, 3.8) is 0 Å². The highest BCUT2D eigenvalue weighted by molar-refractivity contribution is 7.98. The van der Waals surface area contributed by atoms with Crippen molar-refractivity contribution in [3.05, 3.63) is 72.4 Å². The lowest BCUT2D eigenvalue weighted by molar-refractivity contribution is -0.114. The molecule has 0 saturated carbocycles. The van der Waals surface area contributed by atoms with E-state index in [4.69, 9.17) is 0 Å². The van der Waals surface area contributed by atoms with Crippen LogP contribution in [0.3, 0.4) is 0 Å². The third-order valence-electron chi connectivity index (χ3n) is 4.50. The van der Waals surface area contributed by atoms with E-state index in [1.165, 1.54) is 18.7 Å². The second-order valence-corrected chi connectivity index (χ2v) is 7.49. The van der Waals surface area contributed by atoms with Crippen molar-refractivity contribution in [2.45, 2.75) is 12.1 Å². The summed E-state index contributed by atoms with van der Waals surface area (Å²) in [5.41, 5.74) is 3.38. The molecule has 0 aliphatic carbocycles. The number of nitrogens with one attached hydrogen (secondary N) is 2. The van der Waals surface area contributed by atoms with E-state index in [2.05, 4.69) is 25.6 Å². The molecule has 2 heterocycles. The summed E-state index contributed by atoms with van der Waals surface area (Å²) in [5.74, 6) is -0.0327. The van der Waals surface area contributed by atoms with Crippen molar-refractivity contribution in [1.29, 1.82) is 0 Å². The van der Waals surface area contributed by atoms with Gasteiger partial charge in [0.25, 0.3) is 5.91 Å². The first kappa shape index (κ1) is 20.5. The van der Waals surface area contributed by atoms with Gasteiger partial charge < -0.3 is 10.6 Å². The Bertz CT molecular complexity index is 1290. The molecule has 0 bridgehead atoms. The Morgan fingerprint density at radius 1 is 0.935 bits per heavy atom. The molecule has 0 aliphatic heterocycles. The number of anilines is 2. The van der Waals surface area contributed by atoms with Gasteiger partial charge in [-0.3, -0.25) is 14.6 Å². The maximum Gasteiger partial charge on any atom is 0.257 e. The molecule has 0 saturated heterocycles. The minimum Gasteiger partial charge on any atom is -0.326 e. The van der Waals surface area contributed by atoms with Crippen molar-refractivity contribution >= 4 is 46.0 Å². The number of para-hydroxylation sites is 1. The first-order valence-corrected chi connectivity index (χ1v) is 10.7. The number of pyridine rings is 1. The number of hydrogen-bond donors (Lipinski definition) is 2. The molecular formula is C23H19N5O2S. The number of rotatable bonds is 5. The number of amides is 2. The molecule has 0 radical (unpaired) electrons. The summed E-state index contributed by atoms with van der Waals surface area (Å²) in [6, 6.07) is 18.2. The van der Waals surface area contributed by atoms with Gasteiger partial charge in [0.05, 0.1) is 16.8 Å². The van der Waals surface area contributed by atoms with Gasteiger partial charge in [0.2, 0.25) is 5.91 Å². The summed E-state index contributed by atoms with van der Waals surface area (Å²) >= 11 is 1.38. The summed E-state index contributed by atoms with van der Waals surface area (Å²) < 4.78 is 0. The molecule has 4 rings (SSSR count). The number of thioether (sulfide) groups is 1. The van der Waals surface area contributed by atoms with Crippen molar-refractivity contribution in [3.8, 4) is 11.3 Å². The van der Waals surface area contributed by atoms with Gasteiger partial charge in [-0.15, -0.1) is 0 Å². The largest absolute Gasteiger partial charge is 0.326 e. The molecular weight excluding hydrogens is 410 g/mol. The lowest BCUT2D eigenvalue weighted by Crippen LogP contribution is -2.14. The van der Waals surface area contributed by atoms with E-state index in [1.54, 1.807) is 24.4 Å². The van der Waals surface area contributed by atoms with E-state index in [9.17, 15) is 9.59 Å². The molecule has 2 amide bonds. The Morgan fingerprint density at radius 3 is 2.58 bits per heavy atom. The third-order valence-corrected chi connectivity index (χ3v) is 5.05. The van der Waals surface area contributed by atoms with Gasteiger partial charge in [0.15, 0.2) is 5.16 Å². The van der Waals surface area contributed by atoms with E-state index in [0.29, 0.717) is 27.9 Å². The highest BCUT2D eigenvalue weighted by Crippen LogP contribution is 2.26. The van der Waals surface area contributed by atoms with Crippen LogP contribution in [0.25, 0.3) is 22.2 Å². The molecule has 2 aromatic carbocycles. The first-order valence-electron chi connectivity index (χ1n) is 9.49. The molecule has 154 valence electrons. The Morgan fingerprint density at radius 2 is 1.77 bits per heavy atom. The number of aromatic nitrogens is 3. The van der Waals surface area contributed by atoms with Crippen LogP contribution in [0.5, 0.6) is 0 Å². The standard InChI is InChI=1S/C23H19N5O2S/c1-14(29)25-16-7-5-6-15(12-16)20-13-21(28-23(26-20)31-2)27-22(30)18-10-11-24-19-9-4-3-8-17(18)19/h3-13H,1-2H3,(H,25,29)(H,26,27,28,30). The van der Waals surface area contributed by atoms with Crippen LogP contribution >= 0.6 is 11.8 Å². The van der Waals surface area contributed by atoms with Crippen LogP contribution in [0.1, 0.15) is 17.3 Å². The van der Waals surface area contributed by atoms with Crippen LogP contribution in [-0.4, -0.2) is 33.0 Å². The maximum atomic E-state index is 13.0. The van der Waals surface area contributed by atoms with Gasteiger partial charge in [-0.25, -0.2) is 9.97 Å². The summed E-state index contributed by atoms with van der Waals surface area (Å²) in [4.78, 5) is 37.7. The number of carbonyl (C=O) groups excluding carboxylic acids is 2. The van der Waals surface area contributed by atoms with Crippen molar-refractivity contribution in [2.75, 3.05) is 16.9 Å². The number of fused-ring (bicyclic) bond motifs is 1. The average Bonchev–Trinajstić information content (AvgIpc) is 2.78. The molecule has 2 aromatic heterocycles. The lowest BCUT2D eigenvalue weighted by Gasteiger charge is -2.11. The molecule has 4 aromatic rings. The van der Waals surface area contributed by atoms with Gasteiger partial charge in [-0.2, -0.15) is 0 Å².